The quantitative estimate of drug-likeness (QED) is 0.693. The Hall–Kier alpha value is -2.09. The lowest BCUT2D eigenvalue weighted by atomic mass is 10.0. The van der Waals surface area contributed by atoms with Crippen LogP contribution in [-0.4, -0.2) is 17.5 Å². The van der Waals surface area contributed by atoms with E-state index < -0.39 is 0 Å². The van der Waals surface area contributed by atoms with Gasteiger partial charge in [0.2, 0.25) is 5.69 Å². The predicted octanol–water partition coefficient (Wildman–Crippen LogP) is 3.42. The Morgan fingerprint density at radius 2 is 1.78 bits per heavy atom. The summed E-state index contributed by atoms with van der Waals surface area (Å²) in [5.74, 6) is 1.02. The van der Waals surface area contributed by atoms with Gasteiger partial charge in [-0.05, 0) is 31.0 Å². The highest BCUT2D eigenvalue weighted by Gasteiger charge is 2.20. The first kappa shape index (κ1) is 11.0. The van der Waals surface area contributed by atoms with E-state index in [4.69, 9.17) is 4.74 Å². The maximum atomic E-state index is 5.90. The third kappa shape index (κ3) is 1.80. The van der Waals surface area contributed by atoms with Gasteiger partial charge in [-0.2, -0.15) is 4.58 Å². The van der Waals surface area contributed by atoms with Crippen molar-refractivity contribution in [1.82, 2.24) is 0 Å². The molecule has 0 saturated carbocycles. The standard InChI is InChI=1S/C16H16NO/c1-12-8-9-14-10-17(11-18-16(14)13(12)2)15-6-4-3-5-7-15/h3-10H,11H2,1-2H3/q+1. The van der Waals surface area contributed by atoms with Gasteiger partial charge in [0.25, 0.3) is 6.73 Å². The first-order valence-electron chi connectivity index (χ1n) is 6.15. The van der Waals surface area contributed by atoms with Crippen LogP contribution in [0.25, 0.3) is 0 Å². The van der Waals surface area contributed by atoms with Crippen LogP contribution in [-0.2, 0) is 0 Å². The number of aryl methyl sites for hydroxylation is 1. The van der Waals surface area contributed by atoms with Gasteiger partial charge in [0, 0.05) is 12.1 Å². The van der Waals surface area contributed by atoms with Crippen LogP contribution in [0.2, 0.25) is 0 Å². The molecule has 1 aliphatic rings. The first-order valence-corrected chi connectivity index (χ1v) is 6.15. The maximum Gasteiger partial charge on any atom is 0.292 e. The minimum atomic E-state index is 0.571. The molecule has 2 aromatic rings. The molecule has 2 aromatic carbocycles. The number of para-hydroxylation sites is 1. The van der Waals surface area contributed by atoms with Crippen LogP contribution >= 0.6 is 0 Å². The number of fused-ring (bicyclic) bond motifs is 1. The number of hydrogen-bond donors (Lipinski definition) is 0. The van der Waals surface area contributed by atoms with Crippen LogP contribution in [0.1, 0.15) is 16.7 Å². The van der Waals surface area contributed by atoms with Crippen molar-refractivity contribution in [3.63, 3.8) is 0 Å². The van der Waals surface area contributed by atoms with Gasteiger partial charge in [-0.15, -0.1) is 0 Å². The van der Waals surface area contributed by atoms with E-state index in [1.807, 2.05) is 18.2 Å². The van der Waals surface area contributed by atoms with Crippen LogP contribution in [0.4, 0.5) is 5.69 Å². The van der Waals surface area contributed by atoms with Gasteiger partial charge in [-0.25, -0.2) is 0 Å². The smallest absolute Gasteiger partial charge is 0.292 e. The molecule has 0 fully saturated rings. The van der Waals surface area contributed by atoms with Crippen LogP contribution in [0.3, 0.4) is 0 Å². The van der Waals surface area contributed by atoms with E-state index in [1.54, 1.807) is 0 Å². The van der Waals surface area contributed by atoms with Gasteiger partial charge in [0.05, 0.1) is 5.56 Å². The summed E-state index contributed by atoms with van der Waals surface area (Å²) in [6.45, 7) is 4.80. The fourth-order valence-electron chi connectivity index (χ4n) is 2.21. The van der Waals surface area contributed by atoms with Crippen molar-refractivity contribution in [2.45, 2.75) is 13.8 Å². The second-order valence-electron chi connectivity index (χ2n) is 4.63. The zero-order chi connectivity index (χ0) is 12.5. The lowest BCUT2D eigenvalue weighted by Gasteiger charge is -2.16. The molecule has 0 atom stereocenters. The molecule has 1 aliphatic heterocycles. The number of ether oxygens (including phenoxy) is 1. The largest absolute Gasteiger partial charge is 0.435 e. The predicted molar refractivity (Wildman–Crippen MR) is 72.9 cm³/mol. The molecule has 18 heavy (non-hydrogen) atoms. The van der Waals surface area contributed by atoms with E-state index in [0.29, 0.717) is 6.73 Å². The second kappa shape index (κ2) is 4.30. The highest BCUT2D eigenvalue weighted by Crippen LogP contribution is 2.28. The highest BCUT2D eigenvalue weighted by molar-refractivity contribution is 5.82. The van der Waals surface area contributed by atoms with Crippen LogP contribution < -0.4 is 4.74 Å². The molecule has 0 amide bonds. The fraction of sp³-hybridized carbons (Fsp3) is 0.188. The zero-order valence-corrected chi connectivity index (χ0v) is 10.7. The number of benzene rings is 2. The minimum Gasteiger partial charge on any atom is -0.435 e. The van der Waals surface area contributed by atoms with E-state index in [0.717, 1.165) is 17.0 Å². The Balaban J connectivity index is 2.07. The summed E-state index contributed by atoms with van der Waals surface area (Å²) >= 11 is 0. The molecule has 0 spiro atoms. The Kier molecular flexibility index (Phi) is 2.63. The topological polar surface area (TPSA) is 12.2 Å². The molecule has 90 valence electrons. The van der Waals surface area contributed by atoms with E-state index in [1.165, 1.54) is 11.1 Å². The molecule has 0 aromatic heterocycles. The van der Waals surface area contributed by atoms with Crippen LogP contribution in [0, 0.1) is 13.8 Å². The van der Waals surface area contributed by atoms with Crippen molar-refractivity contribution in [2.75, 3.05) is 6.73 Å². The van der Waals surface area contributed by atoms with Crippen molar-refractivity contribution in [1.29, 1.82) is 0 Å². The number of nitrogens with zero attached hydrogens (tertiary/aromatic N) is 1. The molecule has 0 unspecified atom stereocenters. The van der Waals surface area contributed by atoms with E-state index in [-0.39, 0.29) is 0 Å². The Labute approximate surface area is 107 Å². The summed E-state index contributed by atoms with van der Waals surface area (Å²) in [7, 11) is 0. The molecule has 0 bridgehead atoms. The summed E-state index contributed by atoms with van der Waals surface area (Å²) in [6.07, 6.45) is 2.15. The lowest BCUT2D eigenvalue weighted by molar-refractivity contribution is -0.476. The highest BCUT2D eigenvalue weighted by atomic mass is 16.5. The molecule has 2 nitrogen and oxygen atoms in total. The van der Waals surface area contributed by atoms with Gasteiger partial charge < -0.3 is 4.74 Å². The molecule has 0 aliphatic carbocycles. The Morgan fingerprint density at radius 1 is 1.00 bits per heavy atom. The number of hydrogen-bond acceptors (Lipinski definition) is 1. The average Bonchev–Trinajstić information content (AvgIpc) is 2.44. The second-order valence-corrected chi connectivity index (χ2v) is 4.63. The van der Waals surface area contributed by atoms with Gasteiger partial charge >= 0.3 is 0 Å². The van der Waals surface area contributed by atoms with Crippen molar-refractivity contribution in [3.05, 3.63) is 59.2 Å². The Bertz CT molecular complexity index is 614. The summed E-state index contributed by atoms with van der Waals surface area (Å²) in [5, 5.41) is 0. The van der Waals surface area contributed by atoms with Crippen LogP contribution in [0.15, 0.2) is 42.5 Å². The average molecular weight is 238 g/mol. The summed E-state index contributed by atoms with van der Waals surface area (Å²) in [5.41, 5.74) is 4.81. The third-order valence-corrected chi connectivity index (χ3v) is 3.44. The van der Waals surface area contributed by atoms with Crippen molar-refractivity contribution < 1.29 is 9.31 Å². The molecule has 1 heterocycles. The van der Waals surface area contributed by atoms with Crippen molar-refractivity contribution >= 4 is 11.9 Å². The number of rotatable bonds is 1. The molecule has 0 saturated heterocycles. The van der Waals surface area contributed by atoms with Crippen molar-refractivity contribution in [2.24, 2.45) is 0 Å². The minimum absolute atomic E-state index is 0.571. The SMILES string of the molecule is Cc1ccc2c(c1C)OC[N+](c1ccccc1)=C2. The van der Waals surface area contributed by atoms with Gasteiger partial charge in [0.1, 0.15) is 5.75 Å². The van der Waals surface area contributed by atoms with Gasteiger partial charge in [-0.3, -0.25) is 0 Å². The molecular weight excluding hydrogens is 222 g/mol. The van der Waals surface area contributed by atoms with E-state index in [9.17, 15) is 0 Å². The third-order valence-electron chi connectivity index (χ3n) is 3.44. The normalized spacial score (nSPS) is 13.6. The summed E-state index contributed by atoms with van der Waals surface area (Å²) < 4.78 is 8.02. The van der Waals surface area contributed by atoms with E-state index >= 15 is 0 Å². The summed E-state index contributed by atoms with van der Waals surface area (Å²) in [6, 6.07) is 14.5. The van der Waals surface area contributed by atoms with Gasteiger partial charge in [0.15, 0.2) is 6.21 Å². The first-order chi connectivity index (χ1) is 8.75. The molecule has 0 radical (unpaired) electrons. The van der Waals surface area contributed by atoms with Crippen molar-refractivity contribution in [3.8, 4) is 5.75 Å². The maximum absolute atomic E-state index is 5.90. The monoisotopic (exact) mass is 238 g/mol. The lowest BCUT2D eigenvalue weighted by Crippen LogP contribution is -2.21. The van der Waals surface area contributed by atoms with E-state index in [2.05, 4.69) is 48.9 Å². The molecule has 0 N–H and O–H groups in total. The molecule has 3 rings (SSSR count). The van der Waals surface area contributed by atoms with Crippen LogP contribution in [0.5, 0.6) is 5.75 Å². The summed E-state index contributed by atoms with van der Waals surface area (Å²) in [4.78, 5) is 0. The Morgan fingerprint density at radius 3 is 2.56 bits per heavy atom. The molecule has 2 heteroatoms. The fourth-order valence-corrected chi connectivity index (χ4v) is 2.21. The zero-order valence-electron chi connectivity index (χ0n) is 10.7. The molecular formula is C16H16NO+. The van der Waals surface area contributed by atoms with Gasteiger partial charge in [-0.1, -0.05) is 24.3 Å².